The number of rotatable bonds is 6. The van der Waals surface area contributed by atoms with Gasteiger partial charge >= 0.3 is 0 Å². The molecule has 1 saturated heterocycles. The SMILES string of the molecule is CN1CCN(c2ccc(Nc3ncc4ccc(NCc5cccnc5)n4n3)cc2)CC1. The van der Waals surface area contributed by atoms with E-state index in [9.17, 15) is 0 Å². The van der Waals surface area contributed by atoms with Crippen molar-refractivity contribution in [3.05, 3.63) is 72.7 Å². The number of nitrogens with zero attached hydrogens (tertiary/aromatic N) is 6. The van der Waals surface area contributed by atoms with Gasteiger partial charge in [-0.1, -0.05) is 6.07 Å². The maximum Gasteiger partial charge on any atom is 0.245 e. The molecule has 1 aromatic carbocycles. The smallest absolute Gasteiger partial charge is 0.245 e. The van der Waals surface area contributed by atoms with Crippen molar-refractivity contribution in [2.24, 2.45) is 0 Å². The number of pyridine rings is 1. The summed E-state index contributed by atoms with van der Waals surface area (Å²) in [6.07, 6.45) is 5.46. The van der Waals surface area contributed by atoms with Crippen molar-refractivity contribution in [2.75, 3.05) is 48.8 Å². The summed E-state index contributed by atoms with van der Waals surface area (Å²) in [6, 6.07) is 16.5. The summed E-state index contributed by atoms with van der Waals surface area (Å²) in [5.41, 5.74) is 4.27. The number of benzene rings is 1. The molecular formula is C23H26N8. The molecule has 0 atom stereocenters. The summed E-state index contributed by atoms with van der Waals surface area (Å²) in [5.74, 6) is 1.47. The van der Waals surface area contributed by atoms with Gasteiger partial charge in [-0.2, -0.15) is 0 Å². The van der Waals surface area contributed by atoms with E-state index < -0.39 is 0 Å². The monoisotopic (exact) mass is 414 g/mol. The molecule has 4 aromatic rings. The molecule has 3 aromatic heterocycles. The van der Waals surface area contributed by atoms with Crippen molar-refractivity contribution < 1.29 is 0 Å². The Kier molecular flexibility index (Phi) is 5.37. The van der Waals surface area contributed by atoms with Gasteiger partial charge in [0.05, 0.1) is 11.7 Å². The quantitative estimate of drug-likeness (QED) is 0.502. The summed E-state index contributed by atoms with van der Waals surface area (Å²) >= 11 is 0. The topological polar surface area (TPSA) is 73.6 Å². The number of fused-ring (bicyclic) bond motifs is 1. The fourth-order valence-corrected chi connectivity index (χ4v) is 3.74. The van der Waals surface area contributed by atoms with Crippen LogP contribution in [-0.4, -0.2) is 57.7 Å². The second-order valence-electron chi connectivity index (χ2n) is 7.81. The third-order valence-electron chi connectivity index (χ3n) is 5.59. The van der Waals surface area contributed by atoms with Crippen LogP contribution in [0.1, 0.15) is 5.56 Å². The van der Waals surface area contributed by atoms with Gasteiger partial charge < -0.3 is 20.4 Å². The maximum atomic E-state index is 4.66. The van der Waals surface area contributed by atoms with Gasteiger partial charge in [0.1, 0.15) is 5.82 Å². The molecule has 1 aliphatic heterocycles. The van der Waals surface area contributed by atoms with E-state index in [0.717, 1.165) is 48.8 Å². The normalized spacial score (nSPS) is 14.7. The first-order valence-electron chi connectivity index (χ1n) is 10.5. The molecule has 0 aliphatic carbocycles. The summed E-state index contributed by atoms with van der Waals surface area (Å²) in [4.78, 5) is 13.4. The highest BCUT2D eigenvalue weighted by molar-refractivity contribution is 5.61. The average Bonchev–Trinajstić information content (AvgIpc) is 3.22. The predicted molar refractivity (Wildman–Crippen MR) is 124 cm³/mol. The van der Waals surface area contributed by atoms with Gasteiger partial charge in [0.15, 0.2) is 0 Å². The maximum absolute atomic E-state index is 4.66. The number of hydrogen-bond acceptors (Lipinski definition) is 7. The molecular weight excluding hydrogens is 388 g/mol. The van der Waals surface area contributed by atoms with E-state index >= 15 is 0 Å². The molecule has 0 radical (unpaired) electrons. The third kappa shape index (κ3) is 4.44. The lowest BCUT2D eigenvalue weighted by Gasteiger charge is -2.34. The third-order valence-corrected chi connectivity index (χ3v) is 5.59. The molecule has 8 heteroatoms. The minimum Gasteiger partial charge on any atom is -0.369 e. The van der Waals surface area contributed by atoms with Crippen LogP contribution in [0, 0.1) is 0 Å². The Bertz CT molecular complexity index is 1130. The van der Waals surface area contributed by atoms with Gasteiger partial charge in [0, 0.05) is 56.5 Å². The summed E-state index contributed by atoms with van der Waals surface area (Å²) < 4.78 is 1.87. The van der Waals surface area contributed by atoms with Crippen LogP contribution in [0.4, 0.5) is 23.1 Å². The van der Waals surface area contributed by atoms with Crippen molar-refractivity contribution in [3.63, 3.8) is 0 Å². The van der Waals surface area contributed by atoms with Crippen molar-refractivity contribution >= 4 is 28.7 Å². The molecule has 31 heavy (non-hydrogen) atoms. The molecule has 5 rings (SSSR count). The highest BCUT2D eigenvalue weighted by atomic mass is 15.3. The highest BCUT2D eigenvalue weighted by Crippen LogP contribution is 2.22. The Morgan fingerprint density at radius 1 is 0.935 bits per heavy atom. The molecule has 1 fully saturated rings. The average molecular weight is 415 g/mol. The lowest BCUT2D eigenvalue weighted by molar-refractivity contribution is 0.313. The van der Waals surface area contributed by atoms with Gasteiger partial charge in [0.25, 0.3) is 0 Å². The van der Waals surface area contributed by atoms with E-state index in [-0.39, 0.29) is 0 Å². The number of piperazine rings is 1. The van der Waals surface area contributed by atoms with Gasteiger partial charge in [-0.3, -0.25) is 4.98 Å². The van der Waals surface area contributed by atoms with Crippen LogP contribution < -0.4 is 15.5 Å². The largest absolute Gasteiger partial charge is 0.369 e. The van der Waals surface area contributed by atoms with E-state index in [1.54, 1.807) is 6.20 Å². The zero-order chi connectivity index (χ0) is 21.0. The molecule has 8 nitrogen and oxygen atoms in total. The molecule has 4 heterocycles. The molecule has 158 valence electrons. The minimum absolute atomic E-state index is 0.556. The second kappa shape index (κ2) is 8.61. The standard InChI is InChI=1S/C23H26N8/c1-29-11-13-30(14-12-29)20-6-4-19(5-7-20)27-23-26-17-21-8-9-22(31(21)28-23)25-16-18-3-2-10-24-15-18/h2-10,15,17,25H,11-14,16H2,1H3,(H,27,28). The summed E-state index contributed by atoms with van der Waals surface area (Å²) in [6.45, 7) is 5.00. The Labute approximate surface area is 181 Å². The molecule has 0 spiro atoms. The van der Waals surface area contributed by atoms with E-state index in [1.807, 2.05) is 41.2 Å². The number of nitrogens with one attached hydrogen (secondary N) is 2. The summed E-state index contributed by atoms with van der Waals surface area (Å²) in [7, 11) is 2.17. The molecule has 1 aliphatic rings. The molecule has 0 saturated carbocycles. The van der Waals surface area contributed by atoms with Gasteiger partial charge in [-0.15, -0.1) is 5.10 Å². The Morgan fingerprint density at radius 2 is 1.77 bits per heavy atom. The van der Waals surface area contributed by atoms with Crippen LogP contribution >= 0.6 is 0 Å². The predicted octanol–water partition coefficient (Wildman–Crippen LogP) is 3.23. The summed E-state index contributed by atoms with van der Waals surface area (Å²) in [5, 5.41) is 11.4. The fraction of sp³-hybridized carbons (Fsp3) is 0.261. The van der Waals surface area contributed by atoms with Crippen LogP contribution in [0.3, 0.4) is 0 Å². The first-order chi connectivity index (χ1) is 15.2. The molecule has 2 N–H and O–H groups in total. The lowest BCUT2D eigenvalue weighted by Crippen LogP contribution is -2.44. The minimum atomic E-state index is 0.556. The van der Waals surface area contributed by atoms with Crippen molar-refractivity contribution in [3.8, 4) is 0 Å². The Hall–Kier alpha value is -3.65. The van der Waals surface area contributed by atoms with Gasteiger partial charge in [-0.25, -0.2) is 9.50 Å². The molecule has 0 amide bonds. The van der Waals surface area contributed by atoms with Crippen LogP contribution in [-0.2, 0) is 6.54 Å². The number of aromatic nitrogens is 4. The molecule has 0 bridgehead atoms. The number of hydrogen-bond donors (Lipinski definition) is 2. The highest BCUT2D eigenvalue weighted by Gasteiger charge is 2.14. The van der Waals surface area contributed by atoms with Gasteiger partial charge in [0.2, 0.25) is 5.95 Å². The lowest BCUT2D eigenvalue weighted by atomic mass is 10.2. The first-order valence-corrected chi connectivity index (χ1v) is 10.5. The molecule has 0 unspecified atom stereocenters. The Balaban J connectivity index is 1.28. The zero-order valence-electron chi connectivity index (χ0n) is 17.6. The van der Waals surface area contributed by atoms with Crippen molar-refractivity contribution in [1.29, 1.82) is 0 Å². The number of likely N-dealkylation sites (N-methyl/N-ethyl adjacent to an activating group) is 1. The Morgan fingerprint density at radius 3 is 2.55 bits per heavy atom. The van der Waals surface area contributed by atoms with E-state index in [0.29, 0.717) is 12.5 Å². The van der Waals surface area contributed by atoms with Crippen LogP contribution in [0.5, 0.6) is 0 Å². The number of anilines is 4. The van der Waals surface area contributed by atoms with Crippen LogP contribution in [0.15, 0.2) is 67.1 Å². The zero-order valence-corrected chi connectivity index (χ0v) is 17.6. The first kappa shape index (κ1) is 19.3. The van der Waals surface area contributed by atoms with E-state index in [4.69, 9.17) is 0 Å². The van der Waals surface area contributed by atoms with E-state index in [1.165, 1.54) is 5.69 Å². The second-order valence-corrected chi connectivity index (χ2v) is 7.81. The van der Waals surface area contributed by atoms with E-state index in [2.05, 4.69) is 66.8 Å². The fourth-order valence-electron chi connectivity index (χ4n) is 3.74. The van der Waals surface area contributed by atoms with Crippen LogP contribution in [0.2, 0.25) is 0 Å². The van der Waals surface area contributed by atoms with Gasteiger partial charge in [-0.05, 0) is 55.1 Å². The van der Waals surface area contributed by atoms with Crippen LogP contribution in [0.25, 0.3) is 5.52 Å². The van der Waals surface area contributed by atoms with Crippen molar-refractivity contribution in [1.82, 2.24) is 24.5 Å². The van der Waals surface area contributed by atoms with Crippen molar-refractivity contribution in [2.45, 2.75) is 6.54 Å².